The van der Waals surface area contributed by atoms with Crippen LogP contribution in [-0.2, 0) is 0 Å². The number of carbonyl (C=O) groups excluding carboxylic acids is 2. The van der Waals surface area contributed by atoms with Crippen molar-refractivity contribution in [2.75, 3.05) is 44.6 Å². The van der Waals surface area contributed by atoms with Crippen molar-refractivity contribution < 1.29 is 14.7 Å². The maximum Gasteiger partial charge on any atom is 0.256 e. The number of benzene rings is 2. The molecular formula is C26H31N5O3. The lowest BCUT2D eigenvalue weighted by Gasteiger charge is -2.34. The Bertz CT molecular complexity index is 1160. The van der Waals surface area contributed by atoms with E-state index >= 15 is 0 Å². The number of amides is 2. The molecule has 1 aromatic heterocycles. The number of fused-ring (bicyclic) bond motifs is 1. The summed E-state index contributed by atoms with van der Waals surface area (Å²) >= 11 is 0. The molecule has 34 heavy (non-hydrogen) atoms. The van der Waals surface area contributed by atoms with E-state index in [0.717, 1.165) is 37.0 Å². The van der Waals surface area contributed by atoms with Crippen molar-refractivity contribution in [2.24, 2.45) is 0 Å². The zero-order valence-corrected chi connectivity index (χ0v) is 19.3. The largest absolute Gasteiger partial charge is 0.395 e. The summed E-state index contributed by atoms with van der Waals surface area (Å²) in [5, 5.41) is 12.2. The van der Waals surface area contributed by atoms with E-state index in [-0.39, 0.29) is 18.4 Å². The van der Waals surface area contributed by atoms with Crippen LogP contribution in [0.2, 0.25) is 0 Å². The van der Waals surface area contributed by atoms with Crippen LogP contribution in [0.5, 0.6) is 0 Å². The number of hydrogen-bond donors (Lipinski definition) is 2. The second-order valence-corrected chi connectivity index (χ2v) is 9.16. The van der Waals surface area contributed by atoms with Gasteiger partial charge in [-0.25, -0.2) is 4.98 Å². The molecule has 0 spiro atoms. The van der Waals surface area contributed by atoms with Crippen LogP contribution in [0.4, 0.5) is 5.69 Å². The molecule has 1 aliphatic carbocycles. The van der Waals surface area contributed by atoms with Gasteiger partial charge < -0.3 is 19.9 Å². The quantitative estimate of drug-likeness (QED) is 0.589. The van der Waals surface area contributed by atoms with E-state index in [2.05, 4.69) is 19.8 Å². The summed E-state index contributed by atoms with van der Waals surface area (Å²) in [6, 6.07) is 13.1. The van der Waals surface area contributed by atoms with Crippen LogP contribution in [0.3, 0.4) is 0 Å². The second kappa shape index (κ2) is 9.95. The molecule has 1 saturated carbocycles. The summed E-state index contributed by atoms with van der Waals surface area (Å²) in [7, 11) is 0. The first kappa shape index (κ1) is 22.6. The summed E-state index contributed by atoms with van der Waals surface area (Å²) in [6.45, 7) is 3.44. The zero-order chi connectivity index (χ0) is 23.5. The van der Waals surface area contributed by atoms with Gasteiger partial charge in [-0.3, -0.25) is 14.5 Å². The molecule has 5 rings (SSSR count). The third-order valence-electron chi connectivity index (χ3n) is 6.99. The van der Waals surface area contributed by atoms with Gasteiger partial charge >= 0.3 is 0 Å². The van der Waals surface area contributed by atoms with E-state index in [1.807, 2.05) is 35.5 Å². The number of β-amino-alcohol motifs (C(OH)–C–C–N with tert-alkyl or cyclic N) is 1. The maximum atomic E-state index is 13.8. The molecule has 0 unspecified atom stereocenters. The molecule has 1 aliphatic heterocycles. The Kier molecular flexibility index (Phi) is 6.60. The van der Waals surface area contributed by atoms with Gasteiger partial charge in [0.2, 0.25) is 0 Å². The molecular weight excluding hydrogens is 430 g/mol. The molecule has 2 amide bonds. The van der Waals surface area contributed by atoms with Crippen molar-refractivity contribution in [1.82, 2.24) is 19.4 Å². The van der Waals surface area contributed by atoms with Crippen LogP contribution in [0.25, 0.3) is 11.0 Å². The number of anilines is 1. The molecule has 8 nitrogen and oxygen atoms in total. The molecule has 2 aliphatic rings. The van der Waals surface area contributed by atoms with Crippen LogP contribution in [0.15, 0.2) is 48.8 Å². The number of piperazine rings is 1. The summed E-state index contributed by atoms with van der Waals surface area (Å²) in [5.41, 5.74) is 3.29. The van der Waals surface area contributed by atoms with E-state index in [0.29, 0.717) is 42.5 Å². The Labute approximate surface area is 199 Å². The lowest BCUT2D eigenvalue weighted by atomic mass is 10.1. The van der Waals surface area contributed by atoms with Crippen molar-refractivity contribution >= 4 is 28.5 Å². The Hall–Kier alpha value is -3.23. The fraction of sp³-hybridized carbons (Fsp3) is 0.423. The van der Waals surface area contributed by atoms with Gasteiger partial charge in [-0.15, -0.1) is 0 Å². The molecule has 0 atom stereocenters. The molecule has 178 valence electrons. The Morgan fingerprint density at radius 3 is 2.47 bits per heavy atom. The Balaban J connectivity index is 1.48. The van der Waals surface area contributed by atoms with Gasteiger partial charge in [0, 0.05) is 50.0 Å². The van der Waals surface area contributed by atoms with Gasteiger partial charge in [-0.05, 0) is 37.1 Å². The summed E-state index contributed by atoms with van der Waals surface area (Å²) in [4.78, 5) is 35.2. The van der Waals surface area contributed by atoms with Gasteiger partial charge in [-0.2, -0.15) is 0 Å². The number of nitrogens with one attached hydrogen (secondary N) is 1. The highest BCUT2D eigenvalue weighted by molar-refractivity contribution is 6.09. The molecule has 3 aromatic rings. The molecule has 8 heteroatoms. The summed E-state index contributed by atoms with van der Waals surface area (Å²) < 4.78 is 2.17. The minimum absolute atomic E-state index is 0.0378. The number of carbonyl (C=O) groups is 2. The Morgan fingerprint density at radius 2 is 1.76 bits per heavy atom. The number of rotatable bonds is 6. The lowest BCUT2D eigenvalue weighted by Crippen LogP contribution is -2.49. The minimum Gasteiger partial charge on any atom is -0.395 e. The standard InChI is InChI=1S/C26H31N5O3/c32-15-14-29-10-12-30(13-11-29)26(34)22-16-20(28-25(33)19-6-2-1-3-7-19)17-23-24(22)31(18-27-23)21-8-4-5-9-21/h1-3,6-7,16-18,21,32H,4-5,8-15H2,(H,28,33). The maximum absolute atomic E-state index is 13.8. The van der Waals surface area contributed by atoms with Crippen molar-refractivity contribution in [1.29, 1.82) is 0 Å². The molecule has 1 saturated heterocycles. The second-order valence-electron chi connectivity index (χ2n) is 9.16. The Morgan fingerprint density at radius 1 is 1.03 bits per heavy atom. The van der Waals surface area contributed by atoms with Crippen LogP contribution in [-0.4, -0.2) is 75.6 Å². The van der Waals surface area contributed by atoms with Gasteiger partial charge in [0.15, 0.2) is 0 Å². The third kappa shape index (κ3) is 4.56. The molecule has 0 radical (unpaired) electrons. The SMILES string of the molecule is O=C(Nc1cc(C(=O)N2CCN(CCO)CC2)c2c(c1)ncn2C1CCCC1)c1ccccc1. The van der Waals surface area contributed by atoms with E-state index in [1.165, 1.54) is 12.8 Å². The number of aliphatic hydroxyl groups is 1. The normalized spacial score (nSPS) is 17.4. The van der Waals surface area contributed by atoms with Gasteiger partial charge in [0.05, 0.1) is 29.5 Å². The molecule has 2 N–H and O–H groups in total. The summed E-state index contributed by atoms with van der Waals surface area (Å²) in [5.74, 6) is -0.254. The van der Waals surface area contributed by atoms with Crippen molar-refractivity contribution in [3.63, 3.8) is 0 Å². The number of hydrogen-bond acceptors (Lipinski definition) is 5. The fourth-order valence-corrected chi connectivity index (χ4v) is 5.14. The number of aliphatic hydroxyl groups excluding tert-OH is 1. The van der Waals surface area contributed by atoms with Gasteiger partial charge in [-0.1, -0.05) is 31.0 Å². The molecule has 2 aromatic carbocycles. The predicted octanol–water partition coefficient (Wildman–Crippen LogP) is 3.15. The van der Waals surface area contributed by atoms with Crippen LogP contribution >= 0.6 is 0 Å². The van der Waals surface area contributed by atoms with Crippen LogP contribution in [0.1, 0.15) is 52.4 Å². The van der Waals surface area contributed by atoms with Gasteiger partial charge in [0.1, 0.15) is 0 Å². The third-order valence-corrected chi connectivity index (χ3v) is 6.99. The molecule has 0 bridgehead atoms. The first-order chi connectivity index (χ1) is 16.6. The van der Waals surface area contributed by atoms with E-state index < -0.39 is 0 Å². The van der Waals surface area contributed by atoms with E-state index in [4.69, 9.17) is 0 Å². The molecule has 2 fully saturated rings. The van der Waals surface area contributed by atoms with Crippen molar-refractivity contribution in [3.05, 3.63) is 59.9 Å². The highest BCUT2D eigenvalue weighted by Gasteiger charge is 2.27. The smallest absolute Gasteiger partial charge is 0.256 e. The topological polar surface area (TPSA) is 90.7 Å². The predicted molar refractivity (Wildman–Crippen MR) is 131 cm³/mol. The number of aromatic nitrogens is 2. The van der Waals surface area contributed by atoms with Crippen molar-refractivity contribution in [2.45, 2.75) is 31.7 Å². The monoisotopic (exact) mass is 461 g/mol. The average molecular weight is 462 g/mol. The van der Waals surface area contributed by atoms with E-state index in [1.54, 1.807) is 18.2 Å². The van der Waals surface area contributed by atoms with Crippen LogP contribution < -0.4 is 5.32 Å². The number of nitrogens with zero attached hydrogens (tertiary/aromatic N) is 4. The molecule has 2 heterocycles. The highest BCUT2D eigenvalue weighted by atomic mass is 16.3. The minimum atomic E-state index is -0.216. The first-order valence-electron chi connectivity index (χ1n) is 12.1. The average Bonchev–Trinajstić information content (AvgIpc) is 3.54. The van der Waals surface area contributed by atoms with Gasteiger partial charge in [0.25, 0.3) is 11.8 Å². The highest BCUT2D eigenvalue weighted by Crippen LogP contribution is 2.34. The van der Waals surface area contributed by atoms with E-state index in [9.17, 15) is 14.7 Å². The zero-order valence-electron chi connectivity index (χ0n) is 19.3. The van der Waals surface area contributed by atoms with Crippen LogP contribution in [0, 0.1) is 0 Å². The fourth-order valence-electron chi connectivity index (χ4n) is 5.14. The first-order valence-corrected chi connectivity index (χ1v) is 12.1. The number of imidazole rings is 1. The van der Waals surface area contributed by atoms with Crippen molar-refractivity contribution in [3.8, 4) is 0 Å². The lowest BCUT2D eigenvalue weighted by molar-refractivity contribution is 0.0616. The summed E-state index contributed by atoms with van der Waals surface area (Å²) in [6.07, 6.45) is 6.40.